The number of fused-ring (bicyclic) bond motifs is 1. The molecule has 1 unspecified atom stereocenters. The van der Waals surface area contributed by atoms with Gasteiger partial charge >= 0.3 is 5.97 Å². The van der Waals surface area contributed by atoms with Crippen LogP contribution in [0.3, 0.4) is 0 Å². The van der Waals surface area contributed by atoms with Gasteiger partial charge in [0.15, 0.2) is 0 Å². The lowest BCUT2D eigenvalue weighted by molar-refractivity contribution is -0.146. The molecule has 260 valence electrons. The molecule has 11 heteroatoms. The largest absolute Gasteiger partial charge is 0.497 e. The van der Waals surface area contributed by atoms with Crippen LogP contribution < -0.4 is 14.8 Å². The van der Waals surface area contributed by atoms with Gasteiger partial charge in [0.2, 0.25) is 5.91 Å². The van der Waals surface area contributed by atoms with Gasteiger partial charge in [0.25, 0.3) is 5.91 Å². The summed E-state index contributed by atoms with van der Waals surface area (Å²) in [5, 5.41) is 4.21. The lowest BCUT2D eigenvalue weighted by atomic mass is 10.1. The highest BCUT2D eigenvalue weighted by atomic mass is 35.5. The molecule has 1 fully saturated rings. The summed E-state index contributed by atoms with van der Waals surface area (Å²) in [6.45, 7) is 7.95. The fraction of sp³-hybridized carbons (Fsp3) is 0.395. The third-order valence-corrected chi connectivity index (χ3v) is 9.91. The first-order valence-electron chi connectivity index (χ1n) is 16.7. The molecule has 1 amide bonds. The average Bonchev–Trinajstić information content (AvgIpc) is 3.69. The van der Waals surface area contributed by atoms with Gasteiger partial charge in [0.1, 0.15) is 17.6 Å². The maximum Gasteiger partial charge on any atom is 0.310 e. The number of benzene rings is 3. The number of amides is 1. The van der Waals surface area contributed by atoms with Crippen LogP contribution in [0.15, 0.2) is 66.7 Å². The van der Waals surface area contributed by atoms with Crippen LogP contribution in [0.4, 0.5) is 0 Å². The average molecular weight is 706 g/mol. The third kappa shape index (κ3) is 10.0. The first kappa shape index (κ1) is 36.3. The van der Waals surface area contributed by atoms with Gasteiger partial charge in [-0.15, -0.1) is 11.8 Å². The first-order chi connectivity index (χ1) is 23.7. The predicted octanol–water partition coefficient (Wildman–Crippen LogP) is 6.69. The quantitative estimate of drug-likeness (QED) is 0.102. The third-order valence-electron chi connectivity index (χ3n) is 8.49. The number of carbonyl (C=O) groups excluding carboxylic acids is 3. The number of hydrogen-bond donors (Lipinski definition) is 1. The molecule has 4 aromatic rings. The van der Waals surface area contributed by atoms with Crippen LogP contribution in [0.25, 0.3) is 10.9 Å². The van der Waals surface area contributed by atoms with Crippen molar-refractivity contribution in [2.45, 2.75) is 52.2 Å². The SMILES string of the molecule is COc1ccc2c(c1)c(CC(=O)OC(C)CSCC(=O)NCCCOc1cccc(CN3CCCC3)c1)c(C)n2C(=O)c1ccc(Cl)cc1. The number of nitrogens with one attached hydrogen (secondary N) is 1. The molecule has 49 heavy (non-hydrogen) atoms. The smallest absolute Gasteiger partial charge is 0.310 e. The molecule has 0 bridgehead atoms. The molecule has 2 heterocycles. The lowest BCUT2D eigenvalue weighted by Crippen LogP contribution is -2.28. The number of halogens is 1. The van der Waals surface area contributed by atoms with Crippen LogP contribution in [0.1, 0.15) is 53.4 Å². The van der Waals surface area contributed by atoms with E-state index in [0.717, 1.165) is 30.8 Å². The summed E-state index contributed by atoms with van der Waals surface area (Å²) in [6.07, 6.45) is 2.83. The molecule has 0 radical (unpaired) electrons. The number of thioether (sulfide) groups is 1. The molecule has 1 aliphatic heterocycles. The van der Waals surface area contributed by atoms with Crippen molar-refractivity contribution >= 4 is 52.0 Å². The number of esters is 1. The summed E-state index contributed by atoms with van der Waals surface area (Å²) in [6, 6.07) is 20.4. The predicted molar refractivity (Wildman–Crippen MR) is 195 cm³/mol. The monoisotopic (exact) mass is 705 g/mol. The van der Waals surface area contributed by atoms with E-state index < -0.39 is 12.1 Å². The summed E-state index contributed by atoms with van der Waals surface area (Å²) in [4.78, 5) is 41.5. The summed E-state index contributed by atoms with van der Waals surface area (Å²) < 4.78 is 18.7. The molecule has 1 N–H and O–H groups in total. The van der Waals surface area contributed by atoms with Crippen molar-refractivity contribution in [2.75, 3.05) is 44.9 Å². The zero-order valence-electron chi connectivity index (χ0n) is 28.3. The van der Waals surface area contributed by atoms with Crippen molar-refractivity contribution in [1.82, 2.24) is 14.8 Å². The Balaban J connectivity index is 1.05. The van der Waals surface area contributed by atoms with Crippen LogP contribution in [0.5, 0.6) is 11.5 Å². The molecule has 5 rings (SSSR count). The second-order valence-corrected chi connectivity index (χ2v) is 13.7. The van der Waals surface area contributed by atoms with Gasteiger partial charge < -0.3 is 19.5 Å². The maximum atomic E-state index is 13.5. The molecule has 0 spiro atoms. The van der Waals surface area contributed by atoms with Gasteiger partial charge in [-0.25, -0.2) is 0 Å². The second kappa shape index (κ2) is 17.6. The number of rotatable bonds is 16. The van der Waals surface area contributed by atoms with Crippen LogP contribution >= 0.6 is 23.4 Å². The fourth-order valence-electron chi connectivity index (χ4n) is 6.03. The van der Waals surface area contributed by atoms with Gasteiger partial charge in [-0.1, -0.05) is 23.7 Å². The number of methoxy groups -OCH3 is 1. The van der Waals surface area contributed by atoms with Crippen molar-refractivity contribution in [2.24, 2.45) is 0 Å². The van der Waals surface area contributed by atoms with Crippen LogP contribution in [-0.2, 0) is 27.3 Å². The highest BCUT2D eigenvalue weighted by Gasteiger charge is 2.23. The van der Waals surface area contributed by atoms with E-state index in [1.54, 1.807) is 42.0 Å². The van der Waals surface area contributed by atoms with Crippen molar-refractivity contribution in [1.29, 1.82) is 0 Å². The van der Waals surface area contributed by atoms with E-state index >= 15 is 0 Å². The Morgan fingerprint density at radius 1 is 1.00 bits per heavy atom. The van der Waals surface area contributed by atoms with Crippen LogP contribution in [0, 0.1) is 6.92 Å². The van der Waals surface area contributed by atoms with E-state index in [4.69, 9.17) is 25.8 Å². The zero-order valence-corrected chi connectivity index (χ0v) is 29.9. The maximum absolute atomic E-state index is 13.5. The number of nitrogens with zero attached hydrogens (tertiary/aromatic N) is 2. The molecule has 1 aromatic heterocycles. The van der Waals surface area contributed by atoms with E-state index in [1.165, 1.54) is 30.2 Å². The van der Waals surface area contributed by atoms with Crippen LogP contribution in [0.2, 0.25) is 5.02 Å². The minimum Gasteiger partial charge on any atom is -0.497 e. The van der Waals surface area contributed by atoms with E-state index in [-0.39, 0.29) is 24.0 Å². The Morgan fingerprint density at radius 3 is 2.53 bits per heavy atom. The summed E-state index contributed by atoms with van der Waals surface area (Å²) in [5.74, 6) is 1.50. The van der Waals surface area contributed by atoms with Gasteiger partial charge in [-0.05, 0) is 112 Å². The minimum atomic E-state index is -0.414. The van der Waals surface area contributed by atoms with E-state index in [1.807, 2.05) is 38.1 Å². The van der Waals surface area contributed by atoms with E-state index in [0.29, 0.717) is 58.4 Å². The number of likely N-dealkylation sites (tertiary alicyclic amines) is 1. The number of aromatic nitrogens is 1. The molecule has 0 saturated carbocycles. The molecule has 1 atom stereocenters. The molecule has 3 aromatic carbocycles. The van der Waals surface area contributed by atoms with Gasteiger partial charge in [-0.3, -0.25) is 23.9 Å². The number of carbonyl (C=O) groups is 3. The highest BCUT2D eigenvalue weighted by molar-refractivity contribution is 7.99. The normalized spacial score (nSPS) is 13.7. The summed E-state index contributed by atoms with van der Waals surface area (Å²) in [5.41, 5.74) is 3.75. The lowest BCUT2D eigenvalue weighted by Gasteiger charge is -2.15. The molecule has 9 nitrogen and oxygen atoms in total. The fourth-order valence-corrected chi connectivity index (χ4v) is 6.96. The Morgan fingerprint density at radius 2 is 1.78 bits per heavy atom. The molecule has 0 aliphatic carbocycles. The van der Waals surface area contributed by atoms with Gasteiger partial charge in [0, 0.05) is 40.5 Å². The van der Waals surface area contributed by atoms with Crippen molar-refractivity contribution < 1.29 is 28.6 Å². The molecule has 1 saturated heterocycles. The van der Waals surface area contributed by atoms with Crippen molar-refractivity contribution in [3.05, 3.63) is 94.1 Å². The van der Waals surface area contributed by atoms with E-state index in [2.05, 4.69) is 22.3 Å². The van der Waals surface area contributed by atoms with Gasteiger partial charge in [-0.2, -0.15) is 0 Å². The number of ether oxygens (including phenoxy) is 3. The second-order valence-electron chi connectivity index (χ2n) is 12.3. The topological polar surface area (TPSA) is 99.1 Å². The Labute approximate surface area is 297 Å². The Bertz CT molecular complexity index is 1750. The molecular formula is C38H44ClN3O6S. The minimum absolute atomic E-state index is 0.0172. The Hall–Kier alpha value is -3.99. The van der Waals surface area contributed by atoms with Gasteiger partial charge in [0.05, 0.1) is 31.4 Å². The molecular weight excluding hydrogens is 662 g/mol. The zero-order chi connectivity index (χ0) is 34.8. The summed E-state index contributed by atoms with van der Waals surface area (Å²) >= 11 is 7.44. The standard InChI is InChI=1S/C38H44ClN3O6S/c1-26(24-49-25-36(43)40-16-7-19-47-32-9-6-8-28(20-32)23-41-17-4-5-18-41)48-37(44)22-33-27(2)42(35-15-14-31(46-3)21-34(33)35)38(45)29-10-12-30(39)13-11-29/h6,8-15,20-21,26H,4-5,7,16-19,22-25H2,1-3H3,(H,40,43). The van der Waals surface area contributed by atoms with Crippen molar-refractivity contribution in [3.63, 3.8) is 0 Å². The van der Waals surface area contributed by atoms with Crippen molar-refractivity contribution in [3.8, 4) is 11.5 Å². The summed E-state index contributed by atoms with van der Waals surface area (Å²) in [7, 11) is 1.57. The molecule has 1 aliphatic rings. The van der Waals surface area contributed by atoms with E-state index in [9.17, 15) is 14.4 Å². The van der Waals surface area contributed by atoms with Crippen LogP contribution in [-0.4, -0.2) is 78.2 Å². The highest BCUT2D eigenvalue weighted by Crippen LogP contribution is 2.31. The first-order valence-corrected chi connectivity index (χ1v) is 18.2. The number of hydrogen-bond acceptors (Lipinski definition) is 8. The Kier molecular flexibility index (Phi) is 13.0.